The molecule has 1 aromatic heterocycles. The number of halogens is 6. The normalized spacial score (nSPS) is 11.8. The number of rotatable bonds is 42. The zero-order valence-electron chi connectivity index (χ0n) is 72.9. The topological polar surface area (TPSA) is 290 Å². The van der Waals surface area contributed by atoms with Gasteiger partial charge in [0.05, 0.1) is 107 Å². The van der Waals surface area contributed by atoms with Crippen LogP contribution in [0.1, 0.15) is 71.4 Å². The summed E-state index contributed by atoms with van der Waals surface area (Å²) >= 11 is 33.1. The van der Waals surface area contributed by atoms with Crippen molar-refractivity contribution in [2.45, 2.75) is 173 Å². The zero-order valence-corrected chi connectivity index (χ0v) is 79.4. The van der Waals surface area contributed by atoms with E-state index in [4.69, 9.17) is 168 Å². The minimum Gasteiger partial charge on any atom is -0.701 e. The molecule has 51 heteroatoms. The number of nitrogens with zero attached hydrogens (tertiary/aromatic N) is 9. The molecule has 627 valence electrons. The average Bonchev–Trinajstić information content (AvgIpc) is 1.74. The summed E-state index contributed by atoms with van der Waals surface area (Å²) < 4.78 is 76.6. The van der Waals surface area contributed by atoms with Gasteiger partial charge in [-0.1, -0.05) is 54.7 Å². The molecular weight excluding hydrogens is 1660 g/mol. The Morgan fingerprint density at radius 3 is 1.04 bits per heavy atom. The van der Waals surface area contributed by atoms with Gasteiger partial charge in [-0.25, -0.2) is 4.68 Å². The fraction of sp³-hybridized carbons (Fsp3) is 0.735. The standard InChI is InChI=1S/C15H24ClN3O4.C8H15ClOSi.2C8H13N3O2.3C7H11ClO2.C5H9Si.C3H5ClO.B4.2B3.3B2.B.Li/c1-4-5-6-14(22-11-20-2)10-19-13(9-17-18-19)7-15(8-16)23-12-21-3;1-11(2,3)6-4-5-8(10)7-9;2*1-3-4-5-8(6-10-11-9)13-7-12-2;3*1-3-4-7(5-8)10-6-9-2;1-5-6(2,3)4;4-1-3-2-5-3;1-4(2)3;2*1-3-2;3*1-2;;/h9,14-15H,6-8,10-12H2,1-3H3;8,10H,5,7H2,1-3H3;2*8H,5-7H2,1-2H3;3*1,7H,4-6H2,2H3;2-4H3;3H,1-2H2;;;;;;;;/q;;;;;;;-1;;;;;;;;;+1/t14-,15-;3*8-;3*7-;;3-;;;;;;;;/m0000000.1......../s1. The molecule has 31 radical (unpaired) electrons. The van der Waals surface area contributed by atoms with Gasteiger partial charge in [-0.05, 0) is 31.8 Å². The first kappa shape index (κ1) is 151. The van der Waals surface area contributed by atoms with Crippen LogP contribution in [-0.4, -0.2) is 373 Å². The summed E-state index contributed by atoms with van der Waals surface area (Å²) in [4.78, 5) is 5.30. The maximum atomic E-state index is 9.04. The number of hydrogen-bond acceptors (Lipinski definition) is 20. The smallest absolute Gasteiger partial charge is 0.701 e. The number of aliphatic hydroxyl groups is 1. The van der Waals surface area contributed by atoms with E-state index in [-0.39, 0.29) is 137 Å². The maximum absolute atomic E-state index is 9.04. The van der Waals surface area contributed by atoms with Crippen LogP contribution in [0.15, 0.2) is 16.4 Å². The molecule has 25 nitrogen and oxygen atoms in total. The maximum Gasteiger partial charge on any atom is 1.00 e. The number of ether oxygens (including phenoxy) is 15. The van der Waals surface area contributed by atoms with Crippen molar-refractivity contribution < 1.29 is 95.0 Å². The first-order valence-electron chi connectivity index (χ1n) is 34.5. The first-order valence-corrected chi connectivity index (χ1v) is 44.7. The van der Waals surface area contributed by atoms with E-state index in [1.54, 1.807) is 67.2 Å². The van der Waals surface area contributed by atoms with E-state index < -0.39 is 28.6 Å². The third-order valence-corrected chi connectivity index (χ3v) is 14.1. The average molecular weight is 1770 g/mol. The molecule has 1 aliphatic heterocycles. The van der Waals surface area contributed by atoms with Crippen molar-refractivity contribution in [2.75, 3.05) is 152 Å². The second-order valence-corrected chi connectivity index (χ2v) is 33.9. The molecule has 0 spiro atoms. The minimum absolute atomic E-state index is 0. The van der Waals surface area contributed by atoms with E-state index in [0.29, 0.717) is 93.4 Å². The molecule has 1 aliphatic rings. The molecule has 2 heterocycles. The van der Waals surface area contributed by atoms with Crippen LogP contribution in [0, 0.1) is 96.0 Å². The van der Waals surface area contributed by atoms with E-state index in [2.05, 4.69) is 255 Å². The summed E-state index contributed by atoms with van der Waals surface area (Å²) in [5.41, 5.74) is 22.8. The molecule has 2 rings (SSSR count). The molecular formula is C68H112B17Cl6LiN9O16Si2. The van der Waals surface area contributed by atoms with Gasteiger partial charge in [0.1, 0.15) is 55.6 Å². The van der Waals surface area contributed by atoms with Crippen LogP contribution in [0.5, 0.6) is 0 Å². The van der Waals surface area contributed by atoms with Crippen molar-refractivity contribution in [3.05, 3.63) is 39.2 Å². The fourth-order valence-corrected chi connectivity index (χ4v) is 6.98. The Morgan fingerprint density at radius 1 is 0.546 bits per heavy atom. The molecule has 0 aromatic carbocycles. The number of methoxy groups -OCH3 is 7. The van der Waals surface area contributed by atoms with E-state index in [0.717, 1.165) is 26.4 Å². The van der Waals surface area contributed by atoms with Gasteiger partial charge < -0.3 is 88.1 Å². The van der Waals surface area contributed by atoms with Crippen LogP contribution >= 0.6 is 69.6 Å². The molecule has 1 fully saturated rings. The Bertz CT molecular complexity index is 2630. The van der Waals surface area contributed by atoms with Gasteiger partial charge in [0.25, 0.3) is 0 Å². The number of aliphatic hydroxyl groups excluding tert-OH is 1. The second kappa shape index (κ2) is 133. The summed E-state index contributed by atoms with van der Waals surface area (Å²) in [6.45, 7) is 21.6. The largest absolute Gasteiger partial charge is 1.00 e. The van der Waals surface area contributed by atoms with Crippen molar-refractivity contribution in [1.29, 1.82) is 0 Å². The third-order valence-electron chi connectivity index (χ3n) is 10.3. The molecule has 0 bridgehead atoms. The number of epoxide rings is 1. The monoisotopic (exact) mass is 1770 g/mol. The summed E-state index contributed by atoms with van der Waals surface area (Å²) in [7, 11) is 66.4. The second-order valence-electron chi connectivity index (χ2n) is 22.6. The van der Waals surface area contributed by atoms with E-state index in [1.165, 1.54) is 14.2 Å². The first-order chi connectivity index (χ1) is 56.0. The van der Waals surface area contributed by atoms with Crippen LogP contribution in [0.4, 0.5) is 0 Å². The van der Waals surface area contributed by atoms with Crippen LogP contribution in [0.3, 0.4) is 0 Å². The Balaban J connectivity index is -0.0000000784. The van der Waals surface area contributed by atoms with Crippen LogP contribution in [-0.2, 0) is 84.0 Å². The predicted molar refractivity (Wildman–Crippen MR) is 508 cm³/mol. The van der Waals surface area contributed by atoms with Crippen molar-refractivity contribution in [2.24, 2.45) is 10.2 Å². The molecule has 0 amide bonds. The third kappa shape index (κ3) is 156. The molecule has 0 unspecified atom stereocenters. The van der Waals surface area contributed by atoms with E-state index >= 15 is 0 Å². The molecule has 119 heavy (non-hydrogen) atoms. The van der Waals surface area contributed by atoms with Gasteiger partial charge in [-0.15, -0.1) is 159 Å². The van der Waals surface area contributed by atoms with Gasteiger partial charge >= 0.3 is 18.9 Å². The Morgan fingerprint density at radius 2 is 0.824 bits per heavy atom. The van der Waals surface area contributed by atoms with Crippen LogP contribution in [0.2, 0.25) is 39.3 Å². The summed E-state index contributed by atoms with van der Waals surface area (Å²) in [6, 6.07) is 0. The van der Waals surface area contributed by atoms with E-state index in [9.17, 15) is 0 Å². The fourth-order valence-electron chi connectivity index (χ4n) is 5.27. The summed E-state index contributed by atoms with van der Waals surface area (Å²) in [5.74, 6) is 30.0. The molecule has 0 saturated carbocycles. The van der Waals surface area contributed by atoms with Crippen molar-refractivity contribution in [1.82, 2.24) is 15.0 Å². The Kier molecular flexibility index (Phi) is 169. The molecule has 1 aromatic rings. The van der Waals surface area contributed by atoms with Crippen molar-refractivity contribution in [3.8, 4) is 89.6 Å². The summed E-state index contributed by atoms with van der Waals surface area (Å²) in [5, 5.41) is 23.9. The van der Waals surface area contributed by atoms with Crippen molar-refractivity contribution >= 4 is 215 Å². The quantitative estimate of drug-likeness (QED) is 0.0113. The van der Waals surface area contributed by atoms with Crippen LogP contribution < -0.4 is 18.9 Å². The molecule has 9 atom stereocenters. The Hall–Kier alpha value is -2.52. The number of hydrogen-bond donors (Lipinski definition) is 1. The van der Waals surface area contributed by atoms with Crippen LogP contribution in [0.25, 0.3) is 20.9 Å². The van der Waals surface area contributed by atoms with Gasteiger partial charge in [-0.2, -0.15) is 0 Å². The predicted octanol–water partition coefficient (Wildman–Crippen LogP) is 3.03. The SMILES string of the molecule is C#CC[C@@H](CCl)OCOC.C#CC[C@@H](CCl)OCOC.C#CC[C@@H](CCl)OCOC.CC#CC[C@@H](CN=[N+]=[N-])OCOC.CC#CC[C@@H](CN=[N+]=[N-])OCOC.CC#CC[C@@H](Cn1nncc1C[C@@H](CCl)OCOC)OCOC.C[Si](C)(C)C#CC[C@H](O)CCl.ClC[C@@H]1CO1.[B].[B]B([B])[B].[B][B].[B][B].[B][B].[B][B][B].[B][B][B].[C-]#C[Si](C)(C)C.[Li+]. The van der Waals surface area contributed by atoms with Gasteiger partial charge in [0.15, 0.2) is 0 Å². The zero-order chi connectivity index (χ0) is 93.1. The summed E-state index contributed by atoms with van der Waals surface area (Å²) in [6.07, 6.45) is 26.3. The Labute approximate surface area is 783 Å². The van der Waals surface area contributed by atoms with Crippen molar-refractivity contribution in [3.63, 3.8) is 0 Å². The molecule has 1 N–H and O–H groups in total. The molecule has 1 saturated heterocycles. The van der Waals surface area contributed by atoms with Gasteiger partial charge in [0.2, 0.25) is 0 Å². The van der Waals surface area contributed by atoms with Gasteiger partial charge in [-0.3, -0.25) is 0 Å². The number of terminal acetylenes is 3. The van der Waals surface area contributed by atoms with Gasteiger partial charge in [0, 0.05) is 270 Å². The number of alkyl halides is 6. The molecule has 0 aliphatic carbocycles. The number of azide groups is 2. The minimum atomic E-state index is -1.25. The van der Waals surface area contributed by atoms with E-state index in [1.807, 2.05) is 0 Å². The number of aromatic nitrogens is 3.